The van der Waals surface area contributed by atoms with Crippen molar-refractivity contribution in [3.63, 3.8) is 0 Å². The van der Waals surface area contributed by atoms with Crippen molar-refractivity contribution in [2.24, 2.45) is 0 Å². The van der Waals surface area contributed by atoms with Crippen molar-refractivity contribution in [3.05, 3.63) is 58.1 Å². The van der Waals surface area contributed by atoms with E-state index in [1.807, 2.05) is 24.3 Å². The molecule has 25 heavy (non-hydrogen) atoms. The third kappa shape index (κ3) is 5.26. The summed E-state index contributed by atoms with van der Waals surface area (Å²) < 4.78 is 21.7. The number of hydrogen-bond donors (Lipinski definition) is 0. The van der Waals surface area contributed by atoms with E-state index >= 15 is 0 Å². The lowest BCUT2D eigenvalue weighted by atomic mass is 10.2. The van der Waals surface area contributed by atoms with Gasteiger partial charge in [0, 0.05) is 11.6 Å². The zero-order valence-corrected chi connectivity index (χ0v) is 15.8. The number of methoxy groups -OCH3 is 3. The molecule has 2 aromatic rings. The van der Waals surface area contributed by atoms with Crippen LogP contribution < -0.4 is 14.2 Å². The predicted octanol–water partition coefficient (Wildman–Crippen LogP) is 4.23. The summed E-state index contributed by atoms with van der Waals surface area (Å²) in [5.41, 5.74) is 1.59. The van der Waals surface area contributed by atoms with Crippen LogP contribution in [-0.2, 0) is 16.1 Å². The molecule has 2 rings (SSSR count). The van der Waals surface area contributed by atoms with Crippen LogP contribution in [0, 0.1) is 0 Å². The number of halogens is 1. The highest BCUT2D eigenvalue weighted by molar-refractivity contribution is 9.10. The summed E-state index contributed by atoms with van der Waals surface area (Å²) in [7, 11) is 4.73. The molecule has 0 radical (unpaired) electrons. The molecule has 0 fully saturated rings. The van der Waals surface area contributed by atoms with Crippen LogP contribution in [0.15, 0.2) is 46.9 Å². The van der Waals surface area contributed by atoms with Crippen molar-refractivity contribution in [2.45, 2.75) is 6.61 Å². The lowest BCUT2D eigenvalue weighted by Gasteiger charge is -2.12. The van der Waals surface area contributed by atoms with Gasteiger partial charge in [-0.05, 0) is 51.8 Å². The molecule has 0 aliphatic carbocycles. The molecule has 0 unspecified atom stereocenters. The summed E-state index contributed by atoms with van der Waals surface area (Å²) in [5.74, 6) is 1.57. The Labute approximate surface area is 155 Å². The van der Waals surface area contributed by atoms with Crippen molar-refractivity contribution in [1.29, 1.82) is 0 Å². The lowest BCUT2D eigenvalue weighted by molar-refractivity contribution is -0.138. The van der Waals surface area contributed by atoms with E-state index in [1.165, 1.54) is 6.08 Å². The minimum Gasteiger partial charge on any atom is -0.497 e. The molecule has 0 heterocycles. The molecule has 0 saturated heterocycles. The van der Waals surface area contributed by atoms with E-state index in [4.69, 9.17) is 18.9 Å². The van der Waals surface area contributed by atoms with Gasteiger partial charge < -0.3 is 18.9 Å². The highest BCUT2D eigenvalue weighted by atomic mass is 79.9. The van der Waals surface area contributed by atoms with Crippen LogP contribution in [0.4, 0.5) is 0 Å². The van der Waals surface area contributed by atoms with Crippen LogP contribution in [0.1, 0.15) is 11.1 Å². The smallest absolute Gasteiger partial charge is 0.331 e. The van der Waals surface area contributed by atoms with E-state index in [1.54, 1.807) is 39.5 Å². The van der Waals surface area contributed by atoms with Gasteiger partial charge in [0.1, 0.15) is 23.9 Å². The molecule has 0 aliphatic heterocycles. The van der Waals surface area contributed by atoms with Crippen molar-refractivity contribution < 1.29 is 23.7 Å². The third-order valence-corrected chi connectivity index (χ3v) is 4.07. The van der Waals surface area contributed by atoms with Gasteiger partial charge in [0.25, 0.3) is 0 Å². The monoisotopic (exact) mass is 406 g/mol. The zero-order chi connectivity index (χ0) is 18.2. The molecular formula is C19H19BrO5. The van der Waals surface area contributed by atoms with Gasteiger partial charge in [0.05, 0.1) is 25.8 Å². The predicted molar refractivity (Wildman–Crippen MR) is 99.1 cm³/mol. The summed E-state index contributed by atoms with van der Waals surface area (Å²) in [5, 5.41) is 0. The van der Waals surface area contributed by atoms with E-state index in [0.29, 0.717) is 17.1 Å². The summed E-state index contributed by atoms with van der Waals surface area (Å²) in [6.45, 7) is 0.0819. The summed E-state index contributed by atoms with van der Waals surface area (Å²) in [6.07, 6.45) is 3.06. The molecule has 0 amide bonds. The van der Waals surface area contributed by atoms with E-state index in [-0.39, 0.29) is 6.61 Å². The highest BCUT2D eigenvalue weighted by Gasteiger charge is 2.11. The Morgan fingerprint density at radius 3 is 2.28 bits per heavy atom. The fourth-order valence-corrected chi connectivity index (χ4v) is 2.60. The average Bonchev–Trinajstić information content (AvgIpc) is 2.65. The summed E-state index contributed by atoms with van der Waals surface area (Å²) >= 11 is 3.39. The largest absolute Gasteiger partial charge is 0.497 e. The fourth-order valence-electron chi connectivity index (χ4n) is 2.11. The lowest BCUT2D eigenvalue weighted by Crippen LogP contribution is -2.03. The number of carbonyl (C=O) groups is 1. The van der Waals surface area contributed by atoms with Crippen LogP contribution in [0.3, 0.4) is 0 Å². The van der Waals surface area contributed by atoms with Crippen molar-refractivity contribution in [3.8, 4) is 17.2 Å². The fraction of sp³-hybridized carbons (Fsp3) is 0.211. The first-order valence-corrected chi connectivity index (χ1v) is 8.26. The molecular weight excluding hydrogens is 388 g/mol. The first-order chi connectivity index (χ1) is 12.1. The standard InChI is InChI=1S/C19H19BrO5/c1-22-15-7-4-13(5-8-15)6-9-19(21)25-12-14-10-18(24-3)16(20)11-17(14)23-2/h4-11H,12H2,1-3H3/b9-6+. The Morgan fingerprint density at radius 1 is 1.00 bits per heavy atom. The second-order valence-electron chi connectivity index (χ2n) is 5.01. The molecule has 0 aliphatic rings. The van der Waals surface area contributed by atoms with Gasteiger partial charge in [-0.25, -0.2) is 4.79 Å². The Bertz CT molecular complexity index is 753. The van der Waals surface area contributed by atoms with Gasteiger partial charge in [-0.2, -0.15) is 0 Å². The third-order valence-electron chi connectivity index (χ3n) is 3.45. The highest BCUT2D eigenvalue weighted by Crippen LogP contribution is 2.33. The number of esters is 1. The maximum atomic E-state index is 11.9. The number of carbonyl (C=O) groups excluding carboxylic acids is 1. The number of hydrogen-bond acceptors (Lipinski definition) is 5. The van der Waals surface area contributed by atoms with Crippen LogP contribution in [0.2, 0.25) is 0 Å². The first kappa shape index (κ1) is 18.9. The minimum atomic E-state index is -0.445. The van der Waals surface area contributed by atoms with Crippen LogP contribution in [0.5, 0.6) is 17.2 Å². The molecule has 0 saturated carbocycles. The maximum Gasteiger partial charge on any atom is 0.331 e. The molecule has 2 aromatic carbocycles. The summed E-state index contributed by atoms with van der Waals surface area (Å²) in [4.78, 5) is 11.9. The first-order valence-electron chi connectivity index (χ1n) is 7.46. The Kier molecular flexibility index (Phi) is 6.89. The SMILES string of the molecule is COc1ccc(/C=C/C(=O)OCc2cc(OC)c(Br)cc2OC)cc1. The van der Waals surface area contributed by atoms with Gasteiger partial charge in [-0.3, -0.25) is 0 Å². The quantitative estimate of drug-likeness (QED) is 0.508. The Balaban J connectivity index is 2.00. The van der Waals surface area contributed by atoms with Crippen LogP contribution in [-0.4, -0.2) is 27.3 Å². The second-order valence-corrected chi connectivity index (χ2v) is 5.87. The van der Waals surface area contributed by atoms with Crippen molar-refractivity contribution in [2.75, 3.05) is 21.3 Å². The number of rotatable bonds is 7. The zero-order valence-electron chi connectivity index (χ0n) is 14.2. The van der Waals surface area contributed by atoms with E-state index in [9.17, 15) is 4.79 Å². The van der Waals surface area contributed by atoms with Gasteiger partial charge in [-0.15, -0.1) is 0 Å². The van der Waals surface area contributed by atoms with E-state index < -0.39 is 5.97 Å². The topological polar surface area (TPSA) is 54.0 Å². The van der Waals surface area contributed by atoms with Gasteiger partial charge in [-0.1, -0.05) is 12.1 Å². The van der Waals surface area contributed by atoms with Gasteiger partial charge in [0.15, 0.2) is 0 Å². The number of benzene rings is 2. The number of ether oxygens (including phenoxy) is 4. The van der Waals surface area contributed by atoms with Crippen LogP contribution >= 0.6 is 15.9 Å². The molecule has 0 N–H and O–H groups in total. The molecule has 0 atom stereocenters. The van der Waals surface area contributed by atoms with Gasteiger partial charge in [0.2, 0.25) is 0 Å². The van der Waals surface area contributed by atoms with Crippen molar-refractivity contribution >= 4 is 28.0 Å². The molecule has 5 nitrogen and oxygen atoms in total. The summed E-state index contributed by atoms with van der Waals surface area (Å²) in [6, 6.07) is 10.9. The molecule has 0 bridgehead atoms. The normalized spacial score (nSPS) is 10.6. The Hall–Kier alpha value is -2.47. The Morgan fingerprint density at radius 2 is 1.68 bits per heavy atom. The van der Waals surface area contributed by atoms with Crippen molar-refractivity contribution in [1.82, 2.24) is 0 Å². The van der Waals surface area contributed by atoms with Crippen LogP contribution in [0.25, 0.3) is 6.08 Å². The molecule has 0 aromatic heterocycles. The minimum absolute atomic E-state index is 0.0819. The molecule has 0 spiro atoms. The molecule has 6 heteroatoms. The second kappa shape index (κ2) is 9.13. The van der Waals surface area contributed by atoms with Gasteiger partial charge >= 0.3 is 5.97 Å². The van der Waals surface area contributed by atoms with E-state index in [2.05, 4.69) is 15.9 Å². The molecule has 132 valence electrons. The average molecular weight is 407 g/mol. The maximum absolute atomic E-state index is 11.9. The van der Waals surface area contributed by atoms with E-state index in [0.717, 1.165) is 15.8 Å².